The Morgan fingerprint density at radius 3 is 2.34 bits per heavy atom. The van der Waals surface area contributed by atoms with Crippen molar-refractivity contribution in [2.24, 2.45) is 10.9 Å². The van der Waals surface area contributed by atoms with E-state index in [1.54, 1.807) is 30.3 Å². The highest BCUT2D eigenvalue weighted by Crippen LogP contribution is 2.30. The third kappa shape index (κ3) is 6.62. The Morgan fingerprint density at radius 2 is 1.78 bits per heavy atom. The fourth-order valence-electron chi connectivity index (χ4n) is 2.86. The number of benzene rings is 2. The van der Waals surface area contributed by atoms with Gasteiger partial charge in [0.2, 0.25) is 5.91 Å². The molecule has 0 radical (unpaired) electrons. The number of aliphatic carboxylic acids is 2. The molecule has 11 heteroatoms. The van der Waals surface area contributed by atoms with Gasteiger partial charge in [-0.15, -0.1) is 0 Å². The number of amidine groups is 1. The number of carboxylic acids is 2. The topological polar surface area (TPSA) is 184 Å². The van der Waals surface area contributed by atoms with Crippen LogP contribution in [-0.2, 0) is 14.4 Å². The normalized spacial score (nSPS) is 12.0. The third-order valence-corrected chi connectivity index (χ3v) is 4.47. The quantitative estimate of drug-likeness (QED) is 0.131. The molecular weight excluding hydrogens is 420 g/mol. The van der Waals surface area contributed by atoms with E-state index in [-0.39, 0.29) is 30.8 Å². The highest BCUT2D eigenvalue weighted by molar-refractivity contribution is 5.97. The number of carbonyl (C=O) groups excluding carboxylic acids is 1. The first-order valence-corrected chi connectivity index (χ1v) is 9.52. The molecule has 1 atom stereocenters. The maximum atomic E-state index is 12.2. The molecule has 0 aliphatic carbocycles. The number of nitrogens with one attached hydrogen (secondary N) is 2. The summed E-state index contributed by atoms with van der Waals surface area (Å²) in [6.07, 6.45) is 0.0289. The molecule has 11 nitrogen and oxygen atoms in total. The highest BCUT2D eigenvalue weighted by atomic mass is 16.5. The number of oxime groups is 1. The maximum Gasteiger partial charge on any atom is 0.330 e. The van der Waals surface area contributed by atoms with Gasteiger partial charge in [-0.2, -0.15) is 0 Å². The zero-order valence-corrected chi connectivity index (χ0v) is 17.2. The Bertz CT molecular complexity index is 1010. The summed E-state index contributed by atoms with van der Waals surface area (Å²) >= 11 is 0. The number of rotatable bonds is 11. The predicted octanol–water partition coefficient (Wildman–Crippen LogP) is 2.22. The molecule has 32 heavy (non-hydrogen) atoms. The van der Waals surface area contributed by atoms with E-state index in [1.807, 2.05) is 0 Å². The summed E-state index contributed by atoms with van der Waals surface area (Å²) in [4.78, 5) is 34.7. The lowest BCUT2D eigenvalue weighted by atomic mass is 10.0. The lowest BCUT2D eigenvalue weighted by molar-refractivity contribution is -0.138. The van der Waals surface area contributed by atoms with Crippen LogP contribution in [-0.4, -0.2) is 46.2 Å². The fraction of sp³-hybridized carbons (Fsp3) is 0.238. The first kappa shape index (κ1) is 24.0. The molecule has 0 saturated carbocycles. The van der Waals surface area contributed by atoms with Crippen LogP contribution in [0.3, 0.4) is 0 Å². The maximum absolute atomic E-state index is 12.2. The summed E-state index contributed by atoms with van der Waals surface area (Å²) in [5.41, 5.74) is 7.07. The zero-order chi connectivity index (χ0) is 23.7. The van der Waals surface area contributed by atoms with Crippen molar-refractivity contribution in [1.29, 1.82) is 0 Å². The van der Waals surface area contributed by atoms with Crippen molar-refractivity contribution in [2.75, 3.05) is 17.7 Å². The molecule has 0 aliphatic rings. The number of nitrogens with zero attached hydrogens (tertiary/aromatic N) is 1. The van der Waals surface area contributed by atoms with Crippen molar-refractivity contribution in [3.8, 4) is 5.75 Å². The average molecular weight is 444 g/mol. The molecule has 0 aromatic heterocycles. The second-order valence-electron chi connectivity index (χ2n) is 6.73. The predicted molar refractivity (Wildman–Crippen MR) is 116 cm³/mol. The summed E-state index contributed by atoms with van der Waals surface area (Å²) < 4.78 is 5.23. The Labute approximate surface area is 183 Å². The van der Waals surface area contributed by atoms with E-state index in [1.165, 1.54) is 19.2 Å². The van der Waals surface area contributed by atoms with Crippen LogP contribution in [0.15, 0.2) is 47.6 Å². The first-order chi connectivity index (χ1) is 15.2. The van der Waals surface area contributed by atoms with E-state index in [0.717, 1.165) is 0 Å². The van der Waals surface area contributed by atoms with E-state index >= 15 is 0 Å². The molecule has 0 aliphatic heterocycles. The minimum atomic E-state index is -1.16. The number of hydrogen-bond acceptors (Lipinski definition) is 7. The highest BCUT2D eigenvalue weighted by Gasteiger charge is 2.22. The number of nitrogens with two attached hydrogens (primary N) is 1. The van der Waals surface area contributed by atoms with E-state index < -0.39 is 23.9 Å². The second-order valence-corrected chi connectivity index (χ2v) is 6.73. The molecule has 1 unspecified atom stereocenters. The number of carboxylic acid groups (broad SMARTS) is 2. The minimum Gasteiger partial charge on any atom is -0.495 e. The van der Waals surface area contributed by atoms with Crippen LogP contribution in [0.1, 0.15) is 36.4 Å². The van der Waals surface area contributed by atoms with Crippen molar-refractivity contribution < 1.29 is 34.5 Å². The van der Waals surface area contributed by atoms with Gasteiger partial charge >= 0.3 is 11.9 Å². The smallest absolute Gasteiger partial charge is 0.330 e. The number of hydrogen-bond donors (Lipinski definition) is 6. The number of anilines is 2. The Kier molecular flexibility index (Phi) is 8.40. The van der Waals surface area contributed by atoms with Crippen LogP contribution in [0.4, 0.5) is 11.4 Å². The number of ether oxygens (including phenoxy) is 1. The number of carbonyl (C=O) groups is 3. The van der Waals surface area contributed by atoms with Gasteiger partial charge in [0.1, 0.15) is 5.75 Å². The summed E-state index contributed by atoms with van der Waals surface area (Å²) in [5, 5.41) is 35.6. The van der Waals surface area contributed by atoms with E-state index in [4.69, 9.17) is 20.8 Å². The van der Waals surface area contributed by atoms with E-state index in [2.05, 4.69) is 15.8 Å². The van der Waals surface area contributed by atoms with Crippen LogP contribution in [0, 0.1) is 0 Å². The molecular formula is C21H24N4O7. The summed E-state index contributed by atoms with van der Waals surface area (Å²) in [6, 6.07) is 9.69. The van der Waals surface area contributed by atoms with Gasteiger partial charge in [0.25, 0.3) is 0 Å². The van der Waals surface area contributed by atoms with Gasteiger partial charge in [0.05, 0.1) is 12.8 Å². The molecule has 2 rings (SSSR count). The Hall–Kier alpha value is -4.28. The van der Waals surface area contributed by atoms with Gasteiger partial charge in [-0.05, 0) is 48.4 Å². The van der Waals surface area contributed by atoms with Crippen molar-refractivity contribution in [1.82, 2.24) is 0 Å². The van der Waals surface area contributed by atoms with Gasteiger partial charge in [-0.1, -0.05) is 11.2 Å². The average Bonchev–Trinajstić information content (AvgIpc) is 2.76. The van der Waals surface area contributed by atoms with E-state index in [0.29, 0.717) is 22.6 Å². The van der Waals surface area contributed by atoms with Crippen LogP contribution >= 0.6 is 0 Å². The number of methoxy groups -OCH3 is 1. The minimum absolute atomic E-state index is 0.00703. The molecule has 170 valence electrons. The Morgan fingerprint density at radius 1 is 1.09 bits per heavy atom. The summed E-state index contributed by atoms with van der Waals surface area (Å²) in [7, 11) is 1.41. The van der Waals surface area contributed by atoms with Crippen molar-refractivity contribution in [2.45, 2.75) is 25.3 Å². The molecule has 2 aromatic carbocycles. The van der Waals surface area contributed by atoms with Crippen LogP contribution in [0.2, 0.25) is 0 Å². The molecule has 2 aromatic rings. The molecule has 7 N–H and O–H groups in total. The fourth-order valence-corrected chi connectivity index (χ4v) is 2.86. The molecule has 0 saturated heterocycles. The van der Waals surface area contributed by atoms with E-state index in [9.17, 15) is 19.5 Å². The molecule has 0 heterocycles. The molecule has 0 bridgehead atoms. The van der Waals surface area contributed by atoms with Crippen LogP contribution < -0.4 is 21.1 Å². The van der Waals surface area contributed by atoms with Crippen molar-refractivity contribution >= 4 is 35.1 Å². The first-order valence-electron chi connectivity index (χ1n) is 9.52. The SMILES string of the molecule is COc1ccc(C(Nc2ccc(C(N)=NO)cc2)C(=O)O)cc1NC(=O)CCCC(=O)O. The molecule has 1 amide bonds. The summed E-state index contributed by atoms with van der Waals surface area (Å²) in [6.45, 7) is 0. The lowest BCUT2D eigenvalue weighted by Crippen LogP contribution is -2.21. The standard InChI is InChI=1S/C21H24N4O7/c1-32-16-10-7-13(11-15(16)24-17(26)3-2-4-18(27)28)19(21(29)30)23-14-8-5-12(6-9-14)20(22)25-31/h5-11,19,23,31H,2-4H2,1H3,(H2,22,25)(H,24,26)(H,27,28)(H,29,30). The Balaban J connectivity index is 2.22. The lowest BCUT2D eigenvalue weighted by Gasteiger charge is -2.19. The molecule has 0 spiro atoms. The summed E-state index contributed by atoms with van der Waals surface area (Å²) in [5.74, 6) is -2.32. The van der Waals surface area contributed by atoms with Crippen molar-refractivity contribution in [3.63, 3.8) is 0 Å². The van der Waals surface area contributed by atoms with Gasteiger partial charge in [0.15, 0.2) is 11.9 Å². The molecule has 0 fully saturated rings. The van der Waals surface area contributed by atoms with Gasteiger partial charge < -0.3 is 36.5 Å². The van der Waals surface area contributed by atoms with Crippen molar-refractivity contribution in [3.05, 3.63) is 53.6 Å². The number of amides is 1. The largest absolute Gasteiger partial charge is 0.495 e. The van der Waals surface area contributed by atoms with Crippen LogP contribution in [0.5, 0.6) is 5.75 Å². The zero-order valence-electron chi connectivity index (χ0n) is 17.2. The second kappa shape index (κ2) is 11.2. The monoisotopic (exact) mass is 444 g/mol. The third-order valence-electron chi connectivity index (χ3n) is 4.47. The van der Waals surface area contributed by atoms with Gasteiger partial charge in [0, 0.05) is 24.1 Å². The van der Waals surface area contributed by atoms with Gasteiger partial charge in [-0.3, -0.25) is 9.59 Å². The van der Waals surface area contributed by atoms with Crippen LogP contribution in [0.25, 0.3) is 0 Å². The van der Waals surface area contributed by atoms with Gasteiger partial charge in [-0.25, -0.2) is 4.79 Å².